The molecule has 0 aromatic heterocycles. The number of carbonyl (C=O) groups is 3. The molecule has 1 aliphatic heterocycles. The number of cyclic esters (lactones) is 2. The lowest BCUT2D eigenvalue weighted by Crippen LogP contribution is -2.58. The highest BCUT2D eigenvalue weighted by Gasteiger charge is 2.41. The van der Waals surface area contributed by atoms with Crippen LogP contribution in [0.5, 0.6) is 0 Å². The fourth-order valence-corrected chi connectivity index (χ4v) is 1.92. The minimum Gasteiger partial charge on any atom is -0.466 e. The van der Waals surface area contributed by atoms with Crippen LogP contribution in [0, 0.1) is 5.92 Å². The van der Waals surface area contributed by atoms with Gasteiger partial charge < -0.3 is 9.47 Å². The van der Waals surface area contributed by atoms with Gasteiger partial charge in [-0.25, -0.2) is 9.59 Å². The highest BCUT2D eigenvalue weighted by molar-refractivity contribution is 5.96. The monoisotopic (exact) mass is 257 g/mol. The van der Waals surface area contributed by atoms with Crippen LogP contribution >= 0.6 is 0 Å². The zero-order chi connectivity index (χ0) is 13.7. The van der Waals surface area contributed by atoms with Gasteiger partial charge in [0.25, 0.3) is 0 Å². The van der Waals surface area contributed by atoms with Crippen molar-refractivity contribution in [1.82, 2.24) is 5.32 Å². The molecule has 0 saturated carbocycles. The van der Waals surface area contributed by atoms with Gasteiger partial charge in [0, 0.05) is 0 Å². The number of morpholine rings is 1. The third-order valence-corrected chi connectivity index (χ3v) is 2.83. The van der Waals surface area contributed by atoms with E-state index in [0.29, 0.717) is 6.42 Å². The second kappa shape index (κ2) is 6.49. The molecule has 3 atom stereocenters. The fraction of sp³-hybridized carbons (Fsp3) is 0.750. The van der Waals surface area contributed by atoms with Gasteiger partial charge in [0.1, 0.15) is 12.1 Å². The predicted molar refractivity (Wildman–Crippen MR) is 62.5 cm³/mol. The van der Waals surface area contributed by atoms with Crippen LogP contribution in [0.4, 0.5) is 0 Å². The number of hydrogen-bond acceptors (Lipinski definition) is 6. The van der Waals surface area contributed by atoms with E-state index >= 15 is 0 Å². The Morgan fingerprint density at radius 3 is 2.61 bits per heavy atom. The van der Waals surface area contributed by atoms with Crippen molar-refractivity contribution >= 4 is 17.9 Å². The molecule has 1 saturated heterocycles. The molecule has 0 aromatic carbocycles. The standard InChI is InChI=1S/C12H19NO5/c1-4-6-8(11(15)17-5-2)9-12(16)18-10(14)7(3)13-9/h7-9,13H,4-6H2,1-3H3/t7-,8+,9?/m0/s1. The molecule has 0 bridgehead atoms. The minimum absolute atomic E-state index is 0.259. The SMILES string of the molecule is CCC[C@@H](C(=O)OCC)C1N[C@@H](C)C(=O)OC1=O. The zero-order valence-corrected chi connectivity index (χ0v) is 10.9. The van der Waals surface area contributed by atoms with Crippen LogP contribution in [-0.4, -0.2) is 36.6 Å². The van der Waals surface area contributed by atoms with E-state index in [0.717, 1.165) is 6.42 Å². The molecule has 0 aromatic rings. The molecule has 1 unspecified atom stereocenters. The zero-order valence-electron chi connectivity index (χ0n) is 10.9. The maximum absolute atomic E-state index is 11.8. The molecule has 0 spiro atoms. The highest BCUT2D eigenvalue weighted by Crippen LogP contribution is 2.19. The molecule has 6 heteroatoms. The van der Waals surface area contributed by atoms with E-state index in [4.69, 9.17) is 4.74 Å². The van der Waals surface area contributed by atoms with Crippen molar-refractivity contribution in [2.75, 3.05) is 6.61 Å². The minimum atomic E-state index is -0.809. The summed E-state index contributed by atoms with van der Waals surface area (Å²) in [7, 11) is 0. The van der Waals surface area contributed by atoms with E-state index in [1.165, 1.54) is 0 Å². The van der Waals surface area contributed by atoms with Crippen molar-refractivity contribution in [1.29, 1.82) is 0 Å². The number of esters is 3. The Labute approximate surface area is 106 Å². The number of ether oxygens (including phenoxy) is 2. The number of carbonyl (C=O) groups excluding carboxylic acids is 3. The molecule has 1 aliphatic rings. The summed E-state index contributed by atoms with van der Waals surface area (Å²) in [4.78, 5) is 34.7. The van der Waals surface area contributed by atoms with Crippen LogP contribution in [0.15, 0.2) is 0 Å². The van der Waals surface area contributed by atoms with E-state index in [2.05, 4.69) is 10.1 Å². The lowest BCUT2D eigenvalue weighted by Gasteiger charge is -2.30. The lowest BCUT2D eigenvalue weighted by molar-refractivity contribution is -0.172. The van der Waals surface area contributed by atoms with Crippen molar-refractivity contribution in [2.24, 2.45) is 5.92 Å². The summed E-state index contributed by atoms with van der Waals surface area (Å²) in [6, 6.07) is -1.40. The average molecular weight is 257 g/mol. The van der Waals surface area contributed by atoms with Crippen LogP contribution in [0.2, 0.25) is 0 Å². The molecule has 1 fully saturated rings. The van der Waals surface area contributed by atoms with Crippen LogP contribution in [0.3, 0.4) is 0 Å². The molecule has 0 aliphatic carbocycles. The van der Waals surface area contributed by atoms with Gasteiger partial charge in [-0.05, 0) is 20.3 Å². The summed E-state index contributed by atoms with van der Waals surface area (Å²) in [5.41, 5.74) is 0. The van der Waals surface area contributed by atoms with Crippen molar-refractivity contribution < 1.29 is 23.9 Å². The Balaban J connectivity index is 2.81. The lowest BCUT2D eigenvalue weighted by atomic mass is 9.93. The van der Waals surface area contributed by atoms with Gasteiger partial charge in [-0.3, -0.25) is 10.1 Å². The van der Waals surface area contributed by atoms with Gasteiger partial charge in [-0.1, -0.05) is 13.3 Å². The summed E-state index contributed by atoms with van der Waals surface area (Å²) < 4.78 is 9.57. The van der Waals surface area contributed by atoms with Crippen molar-refractivity contribution in [2.45, 2.75) is 45.7 Å². The Bertz CT molecular complexity index is 341. The summed E-state index contributed by atoms with van der Waals surface area (Å²) in [5, 5.41) is 2.82. The molecule has 1 heterocycles. The summed E-state index contributed by atoms with van der Waals surface area (Å²) >= 11 is 0. The van der Waals surface area contributed by atoms with E-state index < -0.39 is 35.9 Å². The third kappa shape index (κ3) is 3.29. The number of nitrogens with one attached hydrogen (secondary N) is 1. The predicted octanol–water partition coefficient (Wildman–Crippen LogP) is 0.396. The average Bonchev–Trinajstić information content (AvgIpc) is 2.31. The first kappa shape index (κ1) is 14.6. The maximum atomic E-state index is 11.8. The van der Waals surface area contributed by atoms with Crippen LogP contribution in [-0.2, 0) is 23.9 Å². The van der Waals surface area contributed by atoms with Gasteiger partial charge in [0.2, 0.25) is 0 Å². The van der Waals surface area contributed by atoms with Gasteiger partial charge >= 0.3 is 17.9 Å². The van der Waals surface area contributed by atoms with Gasteiger partial charge in [-0.15, -0.1) is 0 Å². The molecule has 0 amide bonds. The number of hydrogen-bond donors (Lipinski definition) is 1. The van der Waals surface area contributed by atoms with Crippen molar-refractivity contribution in [3.63, 3.8) is 0 Å². The Hall–Kier alpha value is -1.43. The van der Waals surface area contributed by atoms with E-state index in [1.807, 2.05) is 6.92 Å². The molecule has 0 radical (unpaired) electrons. The second-order valence-corrected chi connectivity index (χ2v) is 4.25. The van der Waals surface area contributed by atoms with E-state index in [1.54, 1.807) is 13.8 Å². The Morgan fingerprint density at radius 2 is 2.06 bits per heavy atom. The largest absolute Gasteiger partial charge is 0.466 e. The normalized spacial score (nSPS) is 25.5. The topological polar surface area (TPSA) is 81.7 Å². The maximum Gasteiger partial charge on any atom is 0.331 e. The second-order valence-electron chi connectivity index (χ2n) is 4.25. The van der Waals surface area contributed by atoms with Gasteiger partial charge in [-0.2, -0.15) is 0 Å². The van der Waals surface area contributed by atoms with E-state index in [9.17, 15) is 14.4 Å². The summed E-state index contributed by atoms with van der Waals surface area (Å²) in [6.45, 7) is 5.47. The molecule has 6 nitrogen and oxygen atoms in total. The first-order valence-electron chi connectivity index (χ1n) is 6.19. The highest BCUT2D eigenvalue weighted by atomic mass is 16.6. The Morgan fingerprint density at radius 1 is 1.39 bits per heavy atom. The summed E-state index contributed by atoms with van der Waals surface area (Å²) in [5.74, 6) is -2.37. The molecule has 1 N–H and O–H groups in total. The number of rotatable bonds is 5. The summed E-state index contributed by atoms with van der Waals surface area (Å²) in [6.07, 6.45) is 1.24. The smallest absolute Gasteiger partial charge is 0.331 e. The first-order valence-corrected chi connectivity index (χ1v) is 6.19. The first-order chi connectivity index (χ1) is 8.51. The molecule has 18 heavy (non-hydrogen) atoms. The van der Waals surface area contributed by atoms with Gasteiger partial charge in [0.05, 0.1) is 12.5 Å². The van der Waals surface area contributed by atoms with Crippen molar-refractivity contribution in [3.8, 4) is 0 Å². The molecular weight excluding hydrogens is 238 g/mol. The van der Waals surface area contributed by atoms with Crippen LogP contribution in [0.1, 0.15) is 33.6 Å². The van der Waals surface area contributed by atoms with Gasteiger partial charge in [0.15, 0.2) is 0 Å². The molecule has 102 valence electrons. The van der Waals surface area contributed by atoms with Crippen LogP contribution in [0.25, 0.3) is 0 Å². The fourth-order valence-electron chi connectivity index (χ4n) is 1.92. The molecule has 1 rings (SSSR count). The van der Waals surface area contributed by atoms with Crippen LogP contribution < -0.4 is 5.32 Å². The molecular formula is C12H19NO5. The van der Waals surface area contributed by atoms with E-state index in [-0.39, 0.29) is 6.61 Å². The van der Waals surface area contributed by atoms with Crippen molar-refractivity contribution in [3.05, 3.63) is 0 Å². The quantitative estimate of drug-likeness (QED) is 0.567. The Kier molecular flexibility index (Phi) is 5.27. The third-order valence-electron chi connectivity index (χ3n) is 2.83.